The third-order valence-electron chi connectivity index (χ3n) is 4.12. The van der Waals surface area contributed by atoms with Crippen LogP contribution in [0.1, 0.15) is 19.3 Å². The van der Waals surface area contributed by atoms with Gasteiger partial charge in [0.25, 0.3) is 5.69 Å². The first-order valence-electron chi connectivity index (χ1n) is 7.05. The number of nitrogens with zero attached hydrogens (tertiary/aromatic N) is 2. The van der Waals surface area contributed by atoms with Gasteiger partial charge in [-0.1, -0.05) is 11.6 Å². The Hall–Kier alpha value is -1.33. The van der Waals surface area contributed by atoms with Gasteiger partial charge in [-0.3, -0.25) is 10.1 Å². The molecule has 0 radical (unpaired) electrons. The van der Waals surface area contributed by atoms with Crippen molar-refractivity contribution in [2.24, 2.45) is 5.92 Å². The number of nitro benzene ring substituents is 1. The molecule has 0 spiro atoms. The van der Waals surface area contributed by atoms with Crippen molar-refractivity contribution < 1.29 is 4.92 Å². The molecule has 0 aromatic heterocycles. The predicted molar refractivity (Wildman–Crippen MR) is 79.3 cm³/mol. The lowest BCUT2D eigenvalue weighted by Crippen LogP contribution is -2.24. The fourth-order valence-electron chi connectivity index (χ4n) is 2.86. The number of hydrogen-bond acceptors (Lipinski definition) is 4. The van der Waals surface area contributed by atoms with Crippen LogP contribution in [0.5, 0.6) is 0 Å². The summed E-state index contributed by atoms with van der Waals surface area (Å²) in [5.41, 5.74) is 0.610. The number of hydrogen-bond donors (Lipinski definition) is 1. The Kier molecular flexibility index (Phi) is 3.81. The van der Waals surface area contributed by atoms with Crippen LogP contribution in [0.15, 0.2) is 18.2 Å². The highest BCUT2D eigenvalue weighted by Gasteiger charge is 2.34. The van der Waals surface area contributed by atoms with Crippen LogP contribution in [0.3, 0.4) is 0 Å². The summed E-state index contributed by atoms with van der Waals surface area (Å²) in [5.74, 6) is 0.564. The maximum atomic E-state index is 11.0. The molecule has 1 heterocycles. The Morgan fingerprint density at radius 3 is 2.90 bits per heavy atom. The van der Waals surface area contributed by atoms with Crippen molar-refractivity contribution in [3.63, 3.8) is 0 Å². The minimum Gasteiger partial charge on any atom is -0.379 e. The molecule has 2 fully saturated rings. The van der Waals surface area contributed by atoms with Crippen LogP contribution in [-0.2, 0) is 0 Å². The monoisotopic (exact) mass is 295 g/mol. The van der Waals surface area contributed by atoms with E-state index in [0.29, 0.717) is 16.6 Å². The molecule has 6 heteroatoms. The fraction of sp³-hybridized carbons (Fsp3) is 0.571. The number of likely N-dealkylation sites (tertiary alicyclic amines) is 1. The second-order valence-corrected chi connectivity index (χ2v) is 6.12. The third kappa shape index (κ3) is 3.04. The van der Waals surface area contributed by atoms with E-state index in [-0.39, 0.29) is 10.6 Å². The molecule has 0 amide bonds. The van der Waals surface area contributed by atoms with Crippen molar-refractivity contribution in [3.05, 3.63) is 33.3 Å². The summed E-state index contributed by atoms with van der Waals surface area (Å²) in [7, 11) is 0. The van der Waals surface area contributed by atoms with Crippen molar-refractivity contribution in [2.75, 3.05) is 25.0 Å². The highest BCUT2D eigenvalue weighted by Crippen LogP contribution is 2.32. The molecule has 1 aliphatic heterocycles. The molecule has 20 heavy (non-hydrogen) atoms. The first-order chi connectivity index (χ1) is 9.63. The molecule has 5 nitrogen and oxygen atoms in total. The van der Waals surface area contributed by atoms with Crippen molar-refractivity contribution >= 4 is 23.0 Å². The fourth-order valence-corrected chi connectivity index (χ4v) is 3.04. The maximum absolute atomic E-state index is 11.0. The Labute approximate surface area is 123 Å². The third-order valence-corrected chi connectivity index (χ3v) is 4.35. The van der Waals surface area contributed by atoms with E-state index in [0.717, 1.165) is 32.1 Å². The van der Waals surface area contributed by atoms with E-state index in [1.165, 1.54) is 18.9 Å². The first kappa shape index (κ1) is 13.6. The summed E-state index contributed by atoms with van der Waals surface area (Å²) < 4.78 is 0. The molecule has 2 aliphatic rings. The van der Waals surface area contributed by atoms with Crippen molar-refractivity contribution in [1.29, 1.82) is 0 Å². The largest absolute Gasteiger partial charge is 0.379 e. The minimum absolute atomic E-state index is 0.0893. The molecule has 0 bridgehead atoms. The molecule has 1 saturated heterocycles. The predicted octanol–water partition coefficient (Wildman–Crippen LogP) is 3.14. The molecule has 1 atom stereocenters. The van der Waals surface area contributed by atoms with Crippen molar-refractivity contribution in [2.45, 2.75) is 25.3 Å². The molecular weight excluding hydrogens is 278 g/mol. The molecule has 1 N–H and O–H groups in total. The smallest absolute Gasteiger partial charge is 0.292 e. The molecule has 1 saturated carbocycles. The van der Waals surface area contributed by atoms with Gasteiger partial charge in [0.05, 0.1) is 4.92 Å². The molecular formula is C14H18ClN3O2. The van der Waals surface area contributed by atoms with Gasteiger partial charge in [-0.05, 0) is 43.9 Å². The average molecular weight is 296 g/mol. The van der Waals surface area contributed by atoms with Gasteiger partial charge in [0.1, 0.15) is 5.69 Å². The standard InChI is InChI=1S/C14H18ClN3O2/c15-11-1-4-14(18(19)20)13(7-11)16-8-10-5-6-17(9-10)12-2-3-12/h1,4,7,10,12,16H,2-3,5-6,8-9H2. The summed E-state index contributed by atoms with van der Waals surface area (Å²) in [6.45, 7) is 3.03. The Balaban J connectivity index is 1.60. The first-order valence-corrected chi connectivity index (χ1v) is 7.43. The van der Waals surface area contributed by atoms with E-state index in [4.69, 9.17) is 11.6 Å². The SMILES string of the molecule is O=[N+]([O-])c1ccc(Cl)cc1NCC1CCN(C2CC2)C1. The number of anilines is 1. The van der Waals surface area contributed by atoms with E-state index >= 15 is 0 Å². The summed E-state index contributed by atoms with van der Waals surface area (Å²) in [6, 6.07) is 5.44. The number of nitrogens with one attached hydrogen (secondary N) is 1. The van der Waals surface area contributed by atoms with Gasteiger partial charge >= 0.3 is 0 Å². The van der Waals surface area contributed by atoms with Gasteiger partial charge in [-0.25, -0.2) is 0 Å². The second-order valence-electron chi connectivity index (χ2n) is 5.68. The normalized spacial score (nSPS) is 22.9. The number of halogens is 1. The molecule has 1 aliphatic carbocycles. The minimum atomic E-state index is -0.371. The zero-order valence-electron chi connectivity index (χ0n) is 11.2. The van der Waals surface area contributed by atoms with Crippen LogP contribution >= 0.6 is 11.6 Å². The zero-order valence-corrected chi connectivity index (χ0v) is 12.0. The summed E-state index contributed by atoms with van der Waals surface area (Å²) in [4.78, 5) is 13.2. The zero-order chi connectivity index (χ0) is 14.1. The highest BCUT2D eigenvalue weighted by atomic mass is 35.5. The van der Waals surface area contributed by atoms with E-state index in [1.807, 2.05) is 0 Å². The molecule has 1 aromatic carbocycles. The molecule has 1 unspecified atom stereocenters. The van der Waals surface area contributed by atoms with Crippen LogP contribution in [0.4, 0.5) is 11.4 Å². The van der Waals surface area contributed by atoms with Crippen molar-refractivity contribution in [1.82, 2.24) is 4.90 Å². The van der Waals surface area contributed by atoms with E-state index in [2.05, 4.69) is 10.2 Å². The Bertz CT molecular complexity index is 519. The summed E-state index contributed by atoms with van der Waals surface area (Å²) in [5, 5.41) is 14.7. The van der Waals surface area contributed by atoms with Crippen LogP contribution in [0, 0.1) is 16.0 Å². The lowest BCUT2D eigenvalue weighted by atomic mass is 10.1. The summed E-state index contributed by atoms with van der Waals surface area (Å²) in [6.07, 6.45) is 3.83. The number of benzene rings is 1. The lowest BCUT2D eigenvalue weighted by molar-refractivity contribution is -0.384. The average Bonchev–Trinajstić information content (AvgIpc) is 3.15. The van der Waals surface area contributed by atoms with Crippen molar-refractivity contribution in [3.8, 4) is 0 Å². The molecule has 3 rings (SSSR count). The van der Waals surface area contributed by atoms with Gasteiger partial charge < -0.3 is 10.2 Å². The summed E-state index contributed by atoms with van der Waals surface area (Å²) >= 11 is 5.92. The topological polar surface area (TPSA) is 58.4 Å². The van der Waals surface area contributed by atoms with Crippen LogP contribution in [0.25, 0.3) is 0 Å². The van der Waals surface area contributed by atoms with E-state index in [9.17, 15) is 10.1 Å². The van der Waals surface area contributed by atoms with Gasteiger partial charge in [0.2, 0.25) is 0 Å². The quantitative estimate of drug-likeness (QED) is 0.670. The number of rotatable bonds is 5. The number of nitro groups is 1. The van der Waals surface area contributed by atoms with Crippen LogP contribution in [0.2, 0.25) is 5.02 Å². The molecule has 108 valence electrons. The van der Waals surface area contributed by atoms with Gasteiger partial charge in [-0.2, -0.15) is 0 Å². The Morgan fingerprint density at radius 2 is 2.20 bits per heavy atom. The van der Waals surface area contributed by atoms with Gasteiger partial charge in [-0.15, -0.1) is 0 Å². The highest BCUT2D eigenvalue weighted by molar-refractivity contribution is 6.31. The Morgan fingerprint density at radius 1 is 1.40 bits per heavy atom. The lowest BCUT2D eigenvalue weighted by Gasteiger charge is -2.15. The van der Waals surface area contributed by atoms with Crippen LogP contribution < -0.4 is 5.32 Å². The maximum Gasteiger partial charge on any atom is 0.292 e. The molecule has 1 aromatic rings. The van der Waals surface area contributed by atoms with Gasteiger partial charge in [0.15, 0.2) is 0 Å². The van der Waals surface area contributed by atoms with Gasteiger partial charge in [0, 0.05) is 30.2 Å². The van der Waals surface area contributed by atoms with Crippen LogP contribution in [-0.4, -0.2) is 35.5 Å². The van der Waals surface area contributed by atoms with E-state index in [1.54, 1.807) is 12.1 Å². The van der Waals surface area contributed by atoms with E-state index < -0.39 is 0 Å². The second kappa shape index (κ2) is 5.58.